The fourth-order valence-corrected chi connectivity index (χ4v) is 3.86. The Morgan fingerprint density at radius 2 is 1.93 bits per heavy atom. The number of hydrogen-bond donors (Lipinski definition) is 2. The number of rotatable bonds is 5. The lowest BCUT2D eigenvalue weighted by atomic mass is 10.2. The first-order valence-corrected chi connectivity index (χ1v) is 9.78. The van der Waals surface area contributed by atoms with Crippen LogP contribution in [0.25, 0.3) is 22.4 Å². The number of halogens is 1. The van der Waals surface area contributed by atoms with Crippen LogP contribution in [0, 0.1) is 0 Å². The second kappa shape index (κ2) is 8.05. The van der Waals surface area contributed by atoms with Gasteiger partial charge in [-0.05, 0) is 18.2 Å². The van der Waals surface area contributed by atoms with Gasteiger partial charge in [-0.2, -0.15) is 0 Å². The van der Waals surface area contributed by atoms with Crippen molar-refractivity contribution in [3.63, 3.8) is 0 Å². The first kappa shape index (κ1) is 19.1. The van der Waals surface area contributed by atoms with Gasteiger partial charge in [0.05, 0.1) is 28.8 Å². The summed E-state index contributed by atoms with van der Waals surface area (Å²) >= 11 is 6.47. The van der Waals surface area contributed by atoms with E-state index in [0.29, 0.717) is 11.6 Å². The van der Waals surface area contributed by atoms with Gasteiger partial charge < -0.3 is 19.7 Å². The first-order valence-electron chi connectivity index (χ1n) is 9.40. The van der Waals surface area contributed by atoms with Crippen LogP contribution in [0.4, 0.5) is 5.82 Å². The molecule has 8 heteroatoms. The normalized spacial score (nSPS) is 16.6. The predicted molar refractivity (Wildman–Crippen MR) is 111 cm³/mol. The molecule has 7 nitrogen and oxygen atoms in total. The average molecular weight is 402 g/mol. The number of hydrogen-bond acceptors (Lipinski definition) is 6. The van der Waals surface area contributed by atoms with Crippen LogP contribution in [0.2, 0.25) is 5.02 Å². The van der Waals surface area contributed by atoms with E-state index in [4.69, 9.17) is 21.7 Å². The number of imidazole rings is 1. The third-order valence-electron chi connectivity index (χ3n) is 5.24. The Labute approximate surface area is 168 Å². The molecule has 4 rings (SSSR count). The summed E-state index contributed by atoms with van der Waals surface area (Å²) in [4.78, 5) is 13.6. The fraction of sp³-hybridized carbons (Fsp3) is 0.400. The van der Waals surface area contributed by atoms with Crippen molar-refractivity contribution in [1.29, 1.82) is 0 Å². The number of nitrogens with zero attached hydrogens (tertiary/aromatic N) is 5. The summed E-state index contributed by atoms with van der Waals surface area (Å²) in [7, 11) is 1.99. The molecule has 1 aliphatic heterocycles. The van der Waals surface area contributed by atoms with Crippen molar-refractivity contribution in [1.82, 2.24) is 19.4 Å². The molecule has 2 aromatic heterocycles. The van der Waals surface area contributed by atoms with Crippen LogP contribution in [-0.4, -0.2) is 75.1 Å². The average Bonchev–Trinajstić information content (AvgIpc) is 3.05. The molecule has 1 aromatic carbocycles. The lowest BCUT2D eigenvalue weighted by molar-refractivity contribution is 0.0574. The van der Waals surface area contributed by atoms with Gasteiger partial charge in [0.2, 0.25) is 0 Å². The quantitative estimate of drug-likeness (QED) is 0.678. The Bertz CT molecular complexity index is 968. The molecule has 0 aliphatic carbocycles. The van der Waals surface area contributed by atoms with Gasteiger partial charge in [-0.1, -0.05) is 23.7 Å². The lowest BCUT2D eigenvalue weighted by Crippen LogP contribution is -2.49. The molecular formula is C20H24ClN5O2. The van der Waals surface area contributed by atoms with E-state index in [0.717, 1.165) is 54.4 Å². The zero-order valence-electron chi connectivity index (χ0n) is 15.8. The summed E-state index contributed by atoms with van der Waals surface area (Å²) < 4.78 is 2.05. The van der Waals surface area contributed by atoms with Gasteiger partial charge in [0.1, 0.15) is 11.6 Å². The maximum absolute atomic E-state index is 9.63. The number of anilines is 1. The van der Waals surface area contributed by atoms with Crippen LogP contribution >= 0.6 is 11.6 Å². The molecule has 0 saturated carbocycles. The number of aromatic nitrogens is 3. The van der Waals surface area contributed by atoms with Crippen molar-refractivity contribution in [2.75, 3.05) is 44.2 Å². The second-order valence-electron chi connectivity index (χ2n) is 7.13. The van der Waals surface area contributed by atoms with Crippen molar-refractivity contribution >= 4 is 28.5 Å². The number of aryl methyl sites for hydroxylation is 1. The van der Waals surface area contributed by atoms with Gasteiger partial charge in [-0.15, -0.1) is 0 Å². The topological polar surface area (TPSA) is 77.7 Å². The van der Waals surface area contributed by atoms with Crippen LogP contribution in [0.1, 0.15) is 0 Å². The number of β-amino-alcohol motifs (C(OH)–C–C–N with tert-alkyl or cyclic N) is 1. The van der Waals surface area contributed by atoms with E-state index in [-0.39, 0.29) is 6.61 Å². The minimum Gasteiger partial charge on any atom is -0.394 e. The van der Waals surface area contributed by atoms with E-state index in [1.165, 1.54) is 0 Å². The Kier molecular flexibility index (Phi) is 5.50. The van der Waals surface area contributed by atoms with Crippen molar-refractivity contribution in [2.45, 2.75) is 6.10 Å². The Hall–Kier alpha value is -2.19. The number of fused-ring (bicyclic) bond motifs is 1. The number of aliphatic hydroxyl groups is 2. The van der Waals surface area contributed by atoms with Gasteiger partial charge in [-0.3, -0.25) is 4.90 Å². The summed E-state index contributed by atoms with van der Waals surface area (Å²) in [6.07, 6.45) is 0.998. The van der Waals surface area contributed by atoms with E-state index in [1.54, 1.807) is 6.20 Å². The van der Waals surface area contributed by atoms with Crippen LogP contribution < -0.4 is 4.90 Å². The second-order valence-corrected chi connectivity index (χ2v) is 7.54. The third-order valence-corrected chi connectivity index (χ3v) is 5.55. The van der Waals surface area contributed by atoms with Gasteiger partial charge in [0.15, 0.2) is 0 Å². The van der Waals surface area contributed by atoms with Crippen LogP contribution in [0.3, 0.4) is 0 Å². The molecule has 0 radical (unpaired) electrons. The molecule has 28 heavy (non-hydrogen) atoms. The maximum Gasteiger partial charge on any atom is 0.142 e. The van der Waals surface area contributed by atoms with E-state index in [2.05, 4.69) is 19.4 Å². The molecule has 3 heterocycles. The number of aliphatic hydroxyl groups excluding tert-OH is 2. The minimum absolute atomic E-state index is 0.208. The minimum atomic E-state index is -0.690. The smallest absolute Gasteiger partial charge is 0.142 e. The number of benzene rings is 1. The number of pyridine rings is 1. The molecule has 1 unspecified atom stereocenters. The van der Waals surface area contributed by atoms with Crippen LogP contribution in [-0.2, 0) is 7.05 Å². The molecule has 1 saturated heterocycles. The van der Waals surface area contributed by atoms with Gasteiger partial charge >= 0.3 is 0 Å². The van der Waals surface area contributed by atoms with Crippen molar-refractivity contribution in [3.05, 3.63) is 41.6 Å². The van der Waals surface area contributed by atoms with Crippen LogP contribution in [0.15, 0.2) is 36.5 Å². The molecule has 0 spiro atoms. The highest BCUT2D eigenvalue weighted by Crippen LogP contribution is 2.31. The van der Waals surface area contributed by atoms with E-state index in [1.807, 2.05) is 37.4 Å². The highest BCUT2D eigenvalue weighted by atomic mass is 35.5. The first-order chi connectivity index (χ1) is 13.6. The van der Waals surface area contributed by atoms with Gasteiger partial charge in [-0.25, -0.2) is 9.97 Å². The van der Waals surface area contributed by atoms with Crippen molar-refractivity contribution < 1.29 is 10.2 Å². The predicted octanol–water partition coefficient (Wildman–Crippen LogP) is 1.76. The lowest BCUT2D eigenvalue weighted by Gasteiger charge is -2.36. The highest BCUT2D eigenvalue weighted by molar-refractivity contribution is 6.33. The zero-order chi connectivity index (χ0) is 19.7. The Morgan fingerprint density at radius 1 is 1.18 bits per heavy atom. The molecule has 1 fully saturated rings. The van der Waals surface area contributed by atoms with E-state index >= 15 is 0 Å². The fourth-order valence-electron chi connectivity index (χ4n) is 3.67. The molecule has 0 amide bonds. The van der Waals surface area contributed by atoms with Gasteiger partial charge in [0, 0.05) is 51.5 Å². The Morgan fingerprint density at radius 3 is 2.64 bits per heavy atom. The van der Waals surface area contributed by atoms with Crippen molar-refractivity contribution in [3.8, 4) is 11.4 Å². The molecule has 0 bridgehead atoms. The molecule has 3 aromatic rings. The van der Waals surface area contributed by atoms with Crippen LogP contribution in [0.5, 0.6) is 0 Å². The molecule has 2 N–H and O–H groups in total. The largest absolute Gasteiger partial charge is 0.394 e. The van der Waals surface area contributed by atoms with E-state index < -0.39 is 6.10 Å². The molecule has 148 valence electrons. The summed E-state index contributed by atoms with van der Waals surface area (Å²) in [6.45, 7) is 3.50. The van der Waals surface area contributed by atoms with Crippen molar-refractivity contribution in [2.24, 2.45) is 7.05 Å². The van der Waals surface area contributed by atoms with E-state index in [9.17, 15) is 5.11 Å². The molecular weight excluding hydrogens is 378 g/mol. The monoisotopic (exact) mass is 401 g/mol. The Balaban J connectivity index is 1.57. The standard InChI is InChI=1S/C20H24ClN5O2/c1-24-18-5-3-2-4-17(18)23-20(24)15-10-19(22-11-16(15)21)26-8-6-25(7-9-26)12-14(28)13-27/h2-5,10-11,14,27-28H,6-9,12-13H2,1H3. The highest BCUT2D eigenvalue weighted by Gasteiger charge is 2.21. The summed E-state index contributed by atoms with van der Waals surface area (Å²) in [5, 5.41) is 19.2. The summed E-state index contributed by atoms with van der Waals surface area (Å²) in [6, 6.07) is 10.0. The van der Waals surface area contributed by atoms with Gasteiger partial charge in [0.25, 0.3) is 0 Å². The molecule has 1 atom stereocenters. The SMILES string of the molecule is Cn1c(-c2cc(N3CCN(CC(O)CO)CC3)ncc2Cl)nc2ccccc21. The third kappa shape index (κ3) is 3.71. The number of para-hydroxylation sites is 2. The summed E-state index contributed by atoms with van der Waals surface area (Å²) in [5.41, 5.74) is 2.86. The summed E-state index contributed by atoms with van der Waals surface area (Å²) in [5.74, 6) is 1.69. The number of piperazine rings is 1. The molecule has 1 aliphatic rings. The maximum atomic E-state index is 9.63. The zero-order valence-corrected chi connectivity index (χ0v) is 16.5.